The van der Waals surface area contributed by atoms with Crippen LogP contribution in [-0.2, 0) is 0 Å². The molecule has 3 atom stereocenters. The number of hydrogen-bond donors (Lipinski definition) is 1. The largest absolute Gasteiger partial charge is 0.497 e. The zero-order valence-corrected chi connectivity index (χ0v) is 18.7. The van der Waals surface area contributed by atoms with Crippen LogP contribution in [0, 0.1) is 5.92 Å². The highest BCUT2D eigenvalue weighted by Crippen LogP contribution is 2.36. The van der Waals surface area contributed by atoms with Crippen LogP contribution in [-0.4, -0.2) is 51.3 Å². The van der Waals surface area contributed by atoms with E-state index in [1.165, 1.54) is 24.8 Å². The fourth-order valence-corrected chi connectivity index (χ4v) is 3.87. The number of methoxy groups -OCH3 is 2. The normalized spacial score (nSPS) is 24.8. The van der Waals surface area contributed by atoms with Crippen LogP contribution in [0.1, 0.15) is 44.1 Å². The van der Waals surface area contributed by atoms with E-state index in [0.717, 1.165) is 42.9 Å². The van der Waals surface area contributed by atoms with Crippen LogP contribution in [0.4, 0.5) is 0 Å². The molecule has 0 amide bonds. The fraction of sp³-hybridized carbons (Fsp3) is 0.650. The van der Waals surface area contributed by atoms with Gasteiger partial charge in [-0.05, 0) is 42.9 Å². The standard InChI is InChI=1S/C20H31N3O2.HI/c1-5-6-14-11-19(14)22-20(21-2)23-8-7-15(13-23)16-9-17(24-3)12-18(10-16)25-4;/h9-10,12,14-15,19H,5-8,11,13H2,1-4H3,(H,21,22);1H. The molecule has 146 valence electrons. The third kappa shape index (κ3) is 4.96. The number of nitrogens with zero attached hydrogens (tertiary/aromatic N) is 2. The maximum Gasteiger partial charge on any atom is 0.193 e. The molecule has 1 aliphatic carbocycles. The number of halogens is 1. The summed E-state index contributed by atoms with van der Waals surface area (Å²) < 4.78 is 10.8. The van der Waals surface area contributed by atoms with Crippen LogP contribution < -0.4 is 14.8 Å². The molecule has 6 heteroatoms. The van der Waals surface area contributed by atoms with Crippen molar-refractivity contribution in [2.75, 3.05) is 34.4 Å². The molecule has 1 heterocycles. The smallest absolute Gasteiger partial charge is 0.193 e. The summed E-state index contributed by atoms with van der Waals surface area (Å²) in [5, 5.41) is 3.66. The van der Waals surface area contributed by atoms with Crippen molar-refractivity contribution in [2.45, 2.75) is 44.6 Å². The maximum absolute atomic E-state index is 5.42. The number of ether oxygens (including phenoxy) is 2. The van der Waals surface area contributed by atoms with Gasteiger partial charge >= 0.3 is 0 Å². The number of rotatable bonds is 6. The topological polar surface area (TPSA) is 46.1 Å². The predicted octanol–water partition coefficient (Wildman–Crippen LogP) is 3.88. The maximum atomic E-state index is 5.42. The van der Waals surface area contributed by atoms with E-state index in [4.69, 9.17) is 9.47 Å². The summed E-state index contributed by atoms with van der Waals surface area (Å²) in [7, 11) is 5.29. The zero-order chi connectivity index (χ0) is 17.8. The average molecular weight is 473 g/mol. The second-order valence-corrected chi connectivity index (χ2v) is 7.16. The lowest BCUT2D eigenvalue weighted by molar-refractivity contribution is 0.392. The molecule has 1 saturated heterocycles. The lowest BCUT2D eigenvalue weighted by Crippen LogP contribution is -2.41. The number of aliphatic imine (C=N–C) groups is 1. The average Bonchev–Trinajstić information content (AvgIpc) is 3.18. The Morgan fingerprint density at radius 1 is 1.23 bits per heavy atom. The molecule has 3 rings (SSSR count). The molecule has 0 bridgehead atoms. The van der Waals surface area contributed by atoms with E-state index in [1.807, 2.05) is 13.1 Å². The van der Waals surface area contributed by atoms with Gasteiger partial charge in [0.2, 0.25) is 0 Å². The van der Waals surface area contributed by atoms with Crippen molar-refractivity contribution in [1.29, 1.82) is 0 Å². The number of guanidine groups is 1. The first-order valence-electron chi connectivity index (χ1n) is 9.39. The summed E-state index contributed by atoms with van der Waals surface area (Å²) in [6.07, 6.45) is 5.00. The first-order chi connectivity index (χ1) is 12.2. The van der Waals surface area contributed by atoms with E-state index in [-0.39, 0.29) is 24.0 Å². The van der Waals surface area contributed by atoms with Gasteiger partial charge in [0.05, 0.1) is 14.2 Å². The van der Waals surface area contributed by atoms with Crippen LogP contribution in [0.5, 0.6) is 11.5 Å². The monoisotopic (exact) mass is 473 g/mol. The Balaban J connectivity index is 0.00000243. The van der Waals surface area contributed by atoms with Crippen molar-refractivity contribution in [3.63, 3.8) is 0 Å². The lowest BCUT2D eigenvalue weighted by atomic mass is 9.98. The van der Waals surface area contributed by atoms with E-state index in [0.29, 0.717) is 12.0 Å². The van der Waals surface area contributed by atoms with Crippen molar-refractivity contribution >= 4 is 29.9 Å². The Morgan fingerprint density at radius 3 is 2.50 bits per heavy atom. The number of hydrogen-bond acceptors (Lipinski definition) is 3. The molecule has 2 aliphatic rings. The summed E-state index contributed by atoms with van der Waals surface area (Å²) in [6.45, 7) is 4.29. The third-order valence-electron chi connectivity index (χ3n) is 5.44. The van der Waals surface area contributed by atoms with Crippen LogP contribution in [0.3, 0.4) is 0 Å². The highest BCUT2D eigenvalue weighted by Gasteiger charge is 2.38. The Morgan fingerprint density at radius 2 is 1.92 bits per heavy atom. The lowest BCUT2D eigenvalue weighted by Gasteiger charge is -2.22. The Labute approximate surface area is 174 Å². The number of likely N-dealkylation sites (tertiary alicyclic amines) is 1. The van der Waals surface area contributed by atoms with Gasteiger partial charge < -0.3 is 19.7 Å². The van der Waals surface area contributed by atoms with Crippen LogP contribution >= 0.6 is 24.0 Å². The van der Waals surface area contributed by atoms with Crippen LogP contribution in [0.2, 0.25) is 0 Å². The second kappa shape index (κ2) is 9.67. The minimum Gasteiger partial charge on any atom is -0.497 e. The van der Waals surface area contributed by atoms with Gasteiger partial charge in [0, 0.05) is 38.2 Å². The van der Waals surface area contributed by atoms with Gasteiger partial charge in [-0.25, -0.2) is 0 Å². The molecule has 0 spiro atoms. The first kappa shape index (κ1) is 21.1. The first-order valence-corrected chi connectivity index (χ1v) is 9.39. The van der Waals surface area contributed by atoms with Crippen molar-refractivity contribution in [3.8, 4) is 11.5 Å². The van der Waals surface area contributed by atoms with E-state index >= 15 is 0 Å². The third-order valence-corrected chi connectivity index (χ3v) is 5.44. The molecule has 1 aliphatic heterocycles. The van der Waals surface area contributed by atoms with Gasteiger partial charge in [-0.3, -0.25) is 4.99 Å². The van der Waals surface area contributed by atoms with Gasteiger partial charge in [0.15, 0.2) is 5.96 Å². The van der Waals surface area contributed by atoms with Gasteiger partial charge in [-0.15, -0.1) is 24.0 Å². The Kier molecular flexibility index (Phi) is 7.85. The van der Waals surface area contributed by atoms with E-state index in [1.54, 1.807) is 14.2 Å². The second-order valence-electron chi connectivity index (χ2n) is 7.16. The molecule has 0 radical (unpaired) electrons. The van der Waals surface area contributed by atoms with E-state index in [2.05, 4.69) is 34.3 Å². The summed E-state index contributed by atoms with van der Waals surface area (Å²) >= 11 is 0. The van der Waals surface area contributed by atoms with Crippen molar-refractivity contribution in [3.05, 3.63) is 23.8 Å². The predicted molar refractivity (Wildman–Crippen MR) is 117 cm³/mol. The van der Waals surface area contributed by atoms with Crippen molar-refractivity contribution in [1.82, 2.24) is 10.2 Å². The highest BCUT2D eigenvalue weighted by molar-refractivity contribution is 14.0. The summed E-state index contributed by atoms with van der Waals surface area (Å²) in [4.78, 5) is 6.91. The summed E-state index contributed by atoms with van der Waals surface area (Å²) in [6, 6.07) is 6.81. The molecule has 5 nitrogen and oxygen atoms in total. The molecule has 0 aromatic heterocycles. The van der Waals surface area contributed by atoms with Gasteiger partial charge in [-0.2, -0.15) is 0 Å². The zero-order valence-electron chi connectivity index (χ0n) is 16.3. The van der Waals surface area contributed by atoms with E-state index in [9.17, 15) is 0 Å². The van der Waals surface area contributed by atoms with E-state index < -0.39 is 0 Å². The summed E-state index contributed by atoms with van der Waals surface area (Å²) in [5.41, 5.74) is 1.28. The molecular formula is C20H32IN3O2. The quantitative estimate of drug-likeness (QED) is 0.387. The summed E-state index contributed by atoms with van der Waals surface area (Å²) in [5.74, 6) is 4.09. The van der Waals surface area contributed by atoms with Gasteiger partial charge in [0.25, 0.3) is 0 Å². The van der Waals surface area contributed by atoms with Crippen LogP contribution in [0.15, 0.2) is 23.2 Å². The molecule has 1 aromatic rings. The Bertz CT molecular complexity index is 601. The highest BCUT2D eigenvalue weighted by atomic mass is 127. The molecule has 26 heavy (non-hydrogen) atoms. The number of nitrogens with one attached hydrogen (secondary N) is 1. The van der Waals surface area contributed by atoms with Gasteiger partial charge in [0.1, 0.15) is 11.5 Å². The minimum absolute atomic E-state index is 0. The fourth-order valence-electron chi connectivity index (χ4n) is 3.87. The SMILES string of the molecule is CCCC1CC1NC(=NC)N1CCC(c2cc(OC)cc(OC)c2)C1.I. The van der Waals surface area contributed by atoms with Crippen molar-refractivity contribution in [2.24, 2.45) is 10.9 Å². The molecule has 2 fully saturated rings. The molecule has 1 aromatic carbocycles. The number of benzene rings is 1. The van der Waals surface area contributed by atoms with Gasteiger partial charge in [-0.1, -0.05) is 13.3 Å². The molecule has 3 unspecified atom stereocenters. The molecule has 1 saturated carbocycles. The van der Waals surface area contributed by atoms with Crippen LogP contribution in [0.25, 0.3) is 0 Å². The van der Waals surface area contributed by atoms with Crippen molar-refractivity contribution < 1.29 is 9.47 Å². The Hall–Kier alpha value is -1.18. The molecule has 1 N–H and O–H groups in total. The molecular weight excluding hydrogens is 441 g/mol. The minimum atomic E-state index is 0.